The number of carbonyl (C=O) groups is 1. The van der Waals surface area contributed by atoms with Crippen molar-refractivity contribution in [2.75, 3.05) is 26.1 Å². The number of rotatable bonds is 6. The van der Waals surface area contributed by atoms with Crippen LogP contribution >= 0.6 is 0 Å². The lowest BCUT2D eigenvalue weighted by Crippen LogP contribution is -2.40. The number of nitrogens with one attached hydrogen (secondary N) is 1. The van der Waals surface area contributed by atoms with Gasteiger partial charge in [0.1, 0.15) is 6.17 Å². The fourth-order valence-electron chi connectivity index (χ4n) is 2.95. The molecule has 2 aromatic carbocycles. The van der Waals surface area contributed by atoms with E-state index in [-0.39, 0.29) is 12.1 Å². The normalized spacial score (nSPS) is 16.2. The number of benzene rings is 2. The number of anilines is 1. The van der Waals surface area contributed by atoms with Crippen molar-refractivity contribution in [1.29, 1.82) is 0 Å². The minimum absolute atomic E-state index is 0.00147. The van der Waals surface area contributed by atoms with Crippen LogP contribution in [0, 0.1) is 0 Å². The SMILES string of the molecule is CCCCOc1ccc(C2Nc3ccccc3C(=O)N2C)cc1OC. The maximum Gasteiger partial charge on any atom is 0.257 e. The standard InChI is InChI=1S/C20H24N2O3/c1-4-5-12-25-17-11-10-14(13-18(17)24-3)19-21-16-9-7-6-8-15(16)20(23)22(19)2/h6-11,13,19,21H,4-5,12H2,1-3H3. The third-order valence-electron chi connectivity index (χ3n) is 4.42. The largest absolute Gasteiger partial charge is 0.493 e. The molecule has 5 nitrogen and oxygen atoms in total. The van der Waals surface area contributed by atoms with E-state index in [9.17, 15) is 4.79 Å². The molecule has 0 aromatic heterocycles. The van der Waals surface area contributed by atoms with Crippen LogP contribution in [0.1, 0.15) is 41.9 Å². The maximum atomic E-state index is 12.6. The van der Waals surface area contributed by atoms with Gasteiger partial charge >= 0.3 is 0 Å². The summed E-state index contributed by atoms with van der Waals surface area (Å²) in [6.45, 7) is 2.79. The summed E-state index contributed by atoms with van der Waals surface area (Å²) >= 11 is 0. The minimum atomic E-state index is -0.249. The van der Waals surface area contributed by atoms with E-state index < -0.39 is 0 Å². The molecule has 0 saturated carbocycles. The van der Waals surface area contributed by atoms with E-state index in [2.05, 4.69) is 12.2 Å². The minimum Gasteiger partial charge on any atom is -0.493 e. The van der Waals surface area contributed by atoms with Crippen LogP contribution in [0.2, 0.25) is 0 Å². The Morgan fingerprint density at radius 3 is 2.72 bits per heavy atom. The Morgan fingerprint density at radius 2 is 1.96 bits per heavy atom. The second kappa shape index (κ2) is 7.47. The Morgan fingerprint density at radius 1 is 1.16 bits per heavy atom. The molecule has 0 spiro atoms. The molecule has 1 heterocycles. The van der Waals surface area contributed by atoms with Crippen molar-refractivity contribution < 1.29 is 14.3 Å². The molecule has 25 heavy (non-hydrogen) atoms. The smallest absolute Gasteiger partial charge is 0.257 e. The Labute approximate surface area is 148 Å². The van der Waals surface area contributed by atoms with Gasteiger partial charge in [0.2, 0.25) is 0 Å². The Balaban J connectivity index is 1.87. The first-order valence-electron chi connectivity index (χ1n) is 8.59. The van der Waals surface area contributed by atoms with Gasteiger partial charge in [0, 0.05) is 12.7 Å². The first-order chi connectivity index (χ1) is 12.2. The predicted molar refractivity (Wildman–Crippen MR) is 98.3 cm³/mol. The topological polar surface area (TPSA) is 50.8 Å². The summed E-state index contributed by atoms with van der Waals surface area (Å²) in [5.41, 5.74) is 2.48. The van der Waals surface area contributed by atoms with Gasteiger partial charge in [-0.25, -0.2) is 0 Å². The van der Waals surface area contributed by atoms with Crippen LogP contribution < -0.4 is 14.8 Å². The Kier molecular flexibility index (Phi) is 5.12. The highest BCUT2D eigenvalue weighted by Gasteiger charge is 2.30. The lowest BCUT2D eigenvalue weighted by atomic mass is 10.0. The van der Waals surface area contributed by atoms with E-state index >= 15 is 0 Å². The fourth-order valence-corrected chi connectivity index (χ4v) is 2.95. The molecule has 3 rings (SSSR count). The maximum absolute atomic E-state index is 12.6. The molecule has 1 atom stereocenters. The molecule has 1 N–H and O–H groups in total. The van der Waals surface area contributed by atoms with Gasteiger partial charge in [0.25, 0.3) is 5.91 Å². The zero-order valence-corrected chi connectivity index (χ0v) is 14.9. The summed E-state index contributed by atoms with van der Waals surface area (Å²) in [5, 5.41) is 3.43. The lowest BCUT2D eigenvalue weighted by molar-refractivity contribution is 0.0735. The first kappa shape index (κ1) is 17.1. The van der Waals surface area contributed by atoms with Crippen molar-refractivity contribution >= 4 is 11.6 Å². The van der Waals surface area contributed by atoms with Gasteiger partial charge in [-0.1, -0.05) is 31.5 Å². The van der Waals surface area contributed by atoms with E-state index in [1.54, 1.807) is 19.1 Å². The molecule has 5 heteroatoms. The van der Waals surface area contributed by atoms with Crippen molar-refractivity contribution in [2.45, 2.75) is 25.9 Å². The summed E-state index contributed by atoms with van der Waals surface area (Å²) in [5.74, 6) is 1.40. The van der Waals surface area contributed by atoms with E-state index in [4.69, 9.17) is 9.47 Å². The van der Waals surface area contributed by atoms with Crippen LogP contribution in [0.25, 0.3) is 0 Å². The van der Waals surface area contributed by atoms with Crippen LogP contribution in [0.4, 0.5) is 5.69 Å². The highest BCUT2D eigenvalue weighted by atomic mass is 16.5. The number of fused-ring (bicyclic) bond motifs is 1. The van der Waals surface area contributed by atoms with Gasteiger partial charge in [0.05, 0.1) is 19.3 Å². The monoisotopic (exact) mass is 340 g/mol. The predicted octanol–water partition coefficient (Wildman–Crippen LogP) is 4.07. The molecule has 0 radical (unpaired) electrons. The van der Waals surface area contributed by atoms with Gasteiger partial charge < -0.3 is 19.7 Å². The Bertz CT molecular complexity index is 760. The van der Waals surface area contributed by atoms with Crippen LogP contribution in [0.5, 0.6) is 11.5 Å². The van der Waals surface area contributed by atoms with Crippen molar-refractivity contribution in [3.05, 3.63) is 53.6 Å². The quantitative estimate of drug-likeness (QED) is 0.806. The van der Waals surface area contributed by atoms with Crippen LogP contribution in [-0.2, 0) is 0 Å². The van der Waals surface area contributed by atoms with Crippen LogP contribution in [0.15, 0.2) is 42.5 Å². The van der Waals surface area contributed by atoms with E-state index in [0.717, 1.165) is 29.8 Å². The molecule has 1 amide bonds. The van der Waals surface area contributed by atoms with E-state index in [1.165, 1.54) is 0 Å². The summed E-state index contributed by atoms with van der Waals surface area (Å²) in [6.07, 6.45) is 1.84. The van der Waals surface area contributed by atoms with Gasteiger partial charge in [-0.3, -0.25) is 4.79 Å². The third kappa shape index (κ3) is 3.40. The molecule has 0 saturated heterocycles. The van der Waals surface area contributed by atoms with E-state index in [0.29, 0.717) is 17.9 Å². The highest BCUT2D eigenvalue weighted by Crippen LogP contribution is 2.36. The van der Waals surface area contributed by atoms with Gasteiger partial charge in [-0.2, -0.15) is 0 Å². The van der Waals surface area contributed by atoms with Gasteiger partial charge in [-0.15, -0.1) is 0 Å². The number of nitrogens with zero attached hydrogens (tertiary/aromatic N) is 1. The molecule has 1 unspecified atom stereocenters. The molecular weight excluding hydrogens is 316 g/mol. The zero-order chi connectivity index (χ0) is 17.8. The zero-order valence-electron chi connectivity index (χ0n) is 14.9. The highest BCUT2D eigenvalue weighted by molar-refractivity contribution is 6.01. The molecule has 1 aliphatic heterocycles. The summed E-state index contributed by atoms with van der Waals surface area (Å²) < 4.78 is 11.3. The number of para-hydroxylation sites is 1. The third-order valence-corrected chi connectivity index (χ3v) is 4.42. The average Bonchev–Trinajstić information content (AvgIpc) is 2.65. The number of unbranched alkanes of at least 4 members (excludes halogenated alkanes) is 1. The van der Waals surface area contributed by atoms with Crippen molar-refractivity contribution in [3.63, 3.8) is 0 Å². The van der Waals surface area contributed by atoms with Crippen molar-refractivity contribution in [1.82, 2.24) is 4.90 Å². The molecular formula is C20H24N2O3. The van der Waals surface area contributed by atoms with Gasteiger partial charge in [0.15, 0.2) is 11.5 Å². The molecule has 2 aromatic rings. The Hall–Kier alpha value is -2.69. The average molecular weight is 340 g/mol. The summed E-state index contributed by atoms with van der Waals surface area (Å²) in [7, 11) is 3.43. The van der Waals surface area contributed by atoms with Gasteiger partial charge in [-0.05, 0) is 36.2 Å². The number of hydrogen-bond donors (Lipinski definition) is 1. The molecule has 0 bridgehead atoms. The summed E-state index contributed by atoms with van der Waals surface area (Å²) in [6, 6.07) is 13.4. The number of carbonyl (C=O) groups excluding carboxylic acids is 1. The molecule has 132 valence electrons. The second-order valence-electron chi connectivity index (χ2n) is 6.12. The second-order valence-corrected chi connectivity index (χ2v) is 6.12. The molecule has 1 aliphatic rings. The number of hydrogen-bond acceptors (Lipinski definition) is 4. The fraction of sp³-hybridized carbons (Fsp3) is 0.350. The van der Waals surface area contributed by atoms with E-state index in [1.807, 2.05) is 42.5 Å². The molecule has 0 fully saturated rings. The lowest BCUT2D eigenvalue weighted by Gasteiger charge is -2.35. The first-order valence-corrected chi connectivity index (χ1v) is 8.59. The number of amides is 1. The van der Waals surface area contributed by atoms with Crippen LogP contribution in [0.3, 0.4) is 0 Å². The summed E-state index contributed by atoms with van der Waals surface area (Å²) in [4.78, 5) is 14.3. The number of methoxy groups -OCH3 is 1. The molecule has 0 aliphatic carbocycles. The van der Waals surface area contributed by atoms with Crippen LogP contribution in [-0.4, -0.2) is 31.6 Å². The van der Waals surface area contributed by atoms with Crippen molar-refractivity contribution in [2.24, 2.45) is 0 Å². The number of ether oxygens (including phenoxy) is 2. The van der Waals surface area contributed by atoms with Crippen molar-refractivity contribution in [3.8, 4) is 11.5 Å².